The Kier molecular flexibility index (Phi) is 5.69. The van der Waals surface area contributed by atoms with Crippen LogP contribution in [0.3, 0.4) is 0 Å². The average Bonchev–Trinajstić information content (AvgIpc) is 3.44. The lowest BCUT2D eigenvalue weighted by Gasteiger charge is -2.24. The van der Waals surface area contributed by atoms with Gasteiger partial charge in [0.2, 0.25) is 11.8 Å². The molecule has 0 unspecified atom stereocenters. The zero-order valence-electron chi connectivity index (χ0n) is 17.8. The molecule has 5 nitrogen and oxygen atoms in total. The molecule has 154 valence electrons. The van der Waals surface area contributed by atoms with Crippen LogP contribution in [-0.4, -0.2) is 17.9 Å². The highest BCUT2D eigenvalue weighted by Crippen LogP contribution is 2.48. The predicted octanol–water partition coefficient (Wildman–Crippen LogP) is 5.13. The number of ether oxygens (including phenoxy) is 1. The SMILES string of the molecule is CC(C)Oc1ccc(NC(=O)C2(C(=O)Nc3ccccc3C(C)(C)C)CC2)cc1. The van der Waals surface area contributed by atoms with Crippen LogP contribution >= 0.6 is 0 Å². The molecule has 0 aliphatic heterocycles. The van der Waals surface area contributed by atoms with Gasteiger partial charge in [-0.3, -0.25) is 9.59 Å². The van der Waals surface area contributed by atoms with Crippen molar-refractivity contribution in [1.29, 1.82) is 0 Å². The van der Waals surface area contributed by atoms with E-state index in [1.807, 2.05) is 50.2 Å². The van der Waals surface area contributed by atoms with Crippen molar-refractivity contribution in [2.45, 2.75) is 59.0 Å². The van der Waals surface area contributed by atoms with E-state index in [1.165, 1.54) is 0 Å². The minimum absolute atomic E-state index is 0.0878. The Morgan fingerprint density at radius 3 is 2.07 bits per heavy atom. The Balaban J connectivity index is 1.70. The van der Waals surface area contributed by atoms with Crippen molar-refractivity contribution in [3.8, 4) is 5.75 Å². The highest BCUT2D eigenvalue weighted by atomic mass is 16.5. The molecule has 0 radical (unpaired) electrons. The van der Waals surface area contributed by atoms with E-state index in [0.29, 0.717) is 18.5 Å². The zero-order chi connectivity index (χ0) is 21.2. The first-order valence-electron chi connectivity index (χ1n) is 10.1. The molecule has 1 saturated carbocycles. The van der Waals surface area contributed by atoms with E-state index in [9.17, 15) is 9.59 Å². The van der Waals surface area contributed by atoms with Crippen molar-refractivity contribution in [3.05, 3.63) is 54.1 Å². The second kappa shape index (κ2) is 7.90. The monoisotopic (exact) mass is 394 g/mol. The van der Waals surface area contributed by atoms with Crippen LogP contribution in [-0.2, 0) is 15.0 Å². The summed E-state index contributed by atoms with van der Waals surface area (Å²) < 4.78 is 5.62. The number of benzene rings is 2. The number of hydrogen-bond donors (Lipinski definition) is 2. The summed E-state index contributed by atoms with van der Waals surface area (Å²) in [7, 11) is 0. The number of carbonyl (C=O) groups is 2. The van der Waals surface area contributed by atoms with Gasteiger partial charge in [-0.15, -0.1) is 0 Å². The molecule has 2 amide bonds. The van der Waals surface area contributed by atoms with Gasteiger partial charge in [-0.1, -0.05) is 39.0 Å². The van der Waals surface area contributed by atoms with Crippen molar-refractivity contribution < 1.29 is 14.3 Å². The maximum absolute atomic E-state index is 13.0. The van der Waals surface area contributed by atoms with Crippen molar-refractivity contribution in [2.75, 3.05) is 10.6 Å². The van der Waals surface area contributed by atoms with E-state index in [2.05, 4.69) is 31.4 Å². The standard InChI is InChI=1S/C24H30N2O3/c1-16(2)29-18-12-10-17(11-13-18)25-21(27)24(14-15-24)22(28)26-20-9-7-6-8-19(20)23(3,4)5/h6-13,16H,14-15H2,1-5H3,(H,25,27)(H,26,28). The molecule has 0 atom stereocenters. The first kappa shape index (κ1) is 20.9. The van der Waals surface area contributed by atoms with Gasteiger partial charge < -0.3 is 15.4 Å². The van der Waals surface area contributed by atoms with E-state index in [-0.39, 0.29) is 23.3 Å². The maximum atomic E-state index is 13.0. The van der Waals surface area contributed by atoms with Gasteiger partial charge in [-0.05, 0) is 68.0 Å². The lowest BCUT2D eigenvalue weighted by Crippen LogP contribution is -2.36. The van der Waals surface area contributed by atoms with Gasteiger partial charge >= 0.3 is 0 Å². The number of hydrogen-bond acceptors (Lipinski definition) is 3. The third kappa shape index (κ3) is 4.78. The van der Waals surface area contributed by atoms with Crippen molar-refractivity contribution >= 4 is 23.2 Å². The quantitative estimate of drug-likeness (QED) is 0.668. The molecule has 2 aromatic rings. The molecule has 0 heterocycles. The van der Waals surface area contributed by atoms with Gasteiger partial charge in [0.25, 0.3) is 0 Å². The molecule has 1 fully saturated rings. The van der Waals surface area contributed by atoms with Crippen LogP contribution in [0.1, 0.15) is 53.0 Å². The van der Waals surface area contributed by atoms with Crippen LogP contribution in [0.4, 0.5) is 11.4 Å². The van der Waals surface area contributed by atoms with E-state index < -0.39 is 5.41 Å². The van der Waals surface area contributed by atoms with Crippen molar-refractivity contribution in [3.63, 3.8) is 0 Å². The number of para-hydroxylation sites is 1. The molecule has 5 heteroatoms. The Morgan fingerprint density at radius 2 is 1.52 bits per heavy atom. The smallest absolute Gasteiger partial charge is 0.240 e. The third-order valence-corrected chi connectivity index (χ3v) is 5.09. The number of amides is 2. The number of rotatable bonds is 6. The van der Waals surface area contributed by atoms with Crippen LogP contribution < -0.4 is 15.4 Å². The summed E-state index contributed by atoms with van der Waals surface area (Å²) in [4.78, 5) is 25.9. The Labute approximate surface area is 172 Å². The van der Waals surface area contributed by atoms with Crippen LogP contribution in [0.25, 0.3) is 0 Å². The molecule has 0 bridgehead atoms. The number of anilines is 2. The molecule has 0 spiro atoms. The average molecular weight is 395 g/mol. The van der Waals surface area contributed by atoms with Gasteiger partial charge in [0, 0.05) is 11.4 Å². The molecule has 3 rings (SSSR count). The normalized spacial score (nSPS) is 15.0. The minimum Gasteiger partial charge on any atom is -0.491 e. The topological polar surface area (TPSA) is 67.4 Å². The molecule has 2 aromatic carbocycles. The van der Waals surface area contributed by atoms with E-state index in [1.54, 1.807) is 12.1 Å². The van der Waals surface area contributed by atoms with Crippen LogP contribution in [0.2, 0.25) is 0 Å². The van der Waals surface area contributed by atoms with E-state index in [0.717, 1.165) is 17.0 Å². The summed E-state index contributed by atoms with van der Waals surface area (Å²) in [5, 5.41) is 5.88. The summed E-state index contributed by atoms with van der Waals surface area (Å²) in [5.41, 5.74) is 1.35. The first-order valence-corrected chi connectivity index (χ1v) is 10.1. The highest BCUT2D eigenvalue weighted by molar-refractivity contribution is 6.17. The van der Waals surface area contributed by atoms with Crippen LogP contribution in [0.15, 0.2) is 48.5 Å². The molecule has 2 N–H and O–H groups in total. The second-order valence-electron chi connectivity index (χ2n) is 8.98. The maximum Gasteiger partial charge on any atom is 0.240 e. The van der Waals surface area contributed by atoms with Gasteiger partial charge in [-0.2, -0.15) is 0 Å². The van der Waals surface area contributed by atoms with Gasteiger partial charge in [0.15, 0.2) is 0 Å². The fourth-order valence-corrected chi connectivity index (χ4v) is 3.31. The summed E-state index contributed by atoms with van der Waals surface area (Å²) >= 11 is 0. The summed E-state index contributed by atoms with van der Waals surface area (Å²) in [6, 6.07) is 15.0. The molecular weight excluding hydrogens is 364 g/mol. The minimum atomic E-state index is -1.00. The Bertz CT molecular complexity index is 891. The van der Waals surface area contributed by atoms with Crippen LogP contribution in [0, 0.1) is 5.41 Å². The lowest BCUT2D eigenvalue weighted by atomic mass is 9.85. The predicted molar refractivity (Wildman–Crippen MR) is 116 cm³/mol. The fourth-order valence-electron chi connectivity index (χ4n) is 3.31. The summed E-state index contributed by atoms with van der Waals surface area (Å²) in [6.45, 7) is 10.2. The number of carbonyl (C=O) groups excluding carboxylic acids is 2. The Morgan fingerprint density at radius 1 is 0.931 bits per heavy atom. The van der Waals surface area contributed by atoms with Crippen molar-refractivity contribution in [1.82, 2.24) is 0 Å². The van der Waals surface area contributed by atoms with Gasteiger partial charge in [0.1, 0.15) is 11.2 Å². The summed E-state index contributed by atoms with van der Waals surface area (Å²) in [6.07, 6.45) is 1.19. The Hall–Kier alpha value is -2.82. The molecule has 0 saturated heterocycles. The zero-order valence-corrected chi connectivity index (χ0v) is 17.8. The lowest BCUT2D eigenvalue weighted by molar-refractivity contribution is -0.131. The first-order chi connectivity index (χ1) is 13.6. The van der Waals surface area contributed by atoms with Crippen molar-refractivity contribution in [2.24, 2.45) is 5.41 Å². The largest absolute Gasteiger partial charge is 0.491 e. The number of nitrogens with one attached hydrogen (secondary N) is 2. The fraction of sp³-hybridized carbons (Fsp3) is 0.417. The second-order valence-corrected chi connectivity index (χ2v) is 8.98. The summed E-state index contributed by atoms with van der Waals surface area (Å²) in [5.74, 6) is 0.239. The molecule has 29 heavy (non-hydrogen) atoms. The van der Waals surface area contributed by atoms with Gasteiger partial charge in [-0.25, -0.2) is 0 Å². The van der Waals surface area contributed by atoms with E-state index in [4.69, 9.17) is 4.74 Å². The van der Waals surface area contributed by atoms with E-state index >= 15 is 0 Å². The van der Waals surface area contributed by atoms with Crippen LogP contribution in [0.5, 0.6) is 5.75 Å². The highest BCUT2D eigenvalue weighted by Gasteiger charge is 2.56. The molecule has 0 aromatic heterocycles. The van der Waals surface area contributed by atoms with Gasteiger partial charge in [0.05, 0.1) is 6.10 Å². The molecular formula is C24H30N2O3. The molecule has 1 aliphatic carbocycles. The molecule has 1 aliphatic rings. The third-order valence-electron chi connectivity index (χ3n) is 5.09.